The lowest BCUT2D eigenvalue weighted by Crippen LogP contribution is -2.31. The number of hydrogen-bond acceptors (Lipinski definition) is 3. The topological polar surface area (TPSA) is 55.4 Å². The predicted octanol–water partition coefficient (Wildman–Crippen LogP) is 3.34. The van der Waals surface area contributed by atoms with Gasteiger partial charge in [0.2, 0.25) is 0 Å². The third-order valence-corrected chi connectivity index (χ3v) is 3.75. The standard InChI is InChI=1S/C19H21NO3/c1-13-9-10-17(11-14(13)2)19(22)23-12-18(21)20-15(3)16-7-5-4-6-8-16/h4-11,15H,12H2,1-3H3,(H,20,21)/t15-/m0/s1. The van der Waals surface area contributed by atoms with Crippen molar-refractivity contribution in [2.75, 3.05) is 6.61 Å². The van der Waals surface area contributed by atoms with Crippen LogP contribution in [0.15, 0.2) is 48.5 Å². The van der Waals surface area contributed by atoms with E-state index in [1.54, 1.807) is 12.1 Å². The number of amides is 1. The van der Waals surface area contributed by atoms with Crippen LogP contribution >= 0.6 is 0 Å². The summed E-state index contributed by atoms with van der Waals surface area (Å²) in [5.41, 5.74) is 3.58. The van der Waals surface area contributed by atoms with Gasteiger partial charge in [-0.05, 0) is 49.6 Å². The number of hydrogen-bond donors (Lipinski definition) is 1. The molecule has 0 aromatic heterocycles. The summed E-state index contributed by atoms with van der Waals surface area (Å²) in [4.78, 5) is 23.9. The quantitative estimate of drug-likeness (QED) is 0.862. The Balaban J connectivity index is 1.86. The second kappa shape index (κ2) is 7.58. The largest absolute Gasteiger partial charge is 0.452 e. The first kappa shape index (κ1) is 16.7. The number of nitrogens with one attached hydrogen (secondary N) is 1. The van der Waals surface area contributed by atoms with Crippen LogP contribution in [0, 0.1) is 13.8 Å². The normalized spacial score (nSPS) is 11.6. The van der Waals surface area contributed by atoms with E-state index < -0.39 is 5.97 Å². The smallest absolute Gasteiger partial charge is 0.338 e. The van der Waals surface area contributed by atoms with Crippen LogP contribution in [-0.4, -0.2) is 18.5 Å². The first-order chi connectivity index (χ1) is 11.0. The molecule has 0 saturated heterocycles. The number of ether oxygens (including phenoxy) is 1. The van der Waals surface area contributed by atoms with E-state index in [2.05, 4.69) is 5.32 Å². The average molecular weight is 311 g/mol. The van der Waals surface area contributed by atoms with Crippen LogP contribution in [0.3, 0.4) is 0 Å². The summed E-state index contributed by atoms with van der Waals surface area (Å²) < 4.78 is 5.07. The Bertz CT molecular complexity index is 695. The zero-order valence-electron chi connectivity index (χ0n) is 13.6. The highest BCUT2D eigenvalue weighted by atomic mass is 16.5. The van der Waals surface area contributed by atoms with Gasteiger partial charge in [-0.25, -0.2) is 4.79 Å². The lowest BCUT2D eigenvalue weighted by molar-refractivity contribution is -0.124. The van der Waals surface area contributed by atoms with Gasteiger partial charge in [-0.2, -0.15) is 0 Å². The molecule has 4 nitrogen and oxygen atoms in total. The van der Waals surface area contributed by atoms with Crippen LogP contribution in [0.25, 0.3) is 0 Å². The van der Waals surface area contributed by atoms with Gasteiger partial charge in [0.25, 0.3) is 5.91 Å². The average Bonchev–Trinajstić information content (AvgIpc) is 2.56. The monoisotopic (exact) mass is 311 g/mol. The highest BCUT2D eigenvalue weighted by Crippen LogP contribution is 2.12. The number of aryl methyl sites for hydroxylation is 2. The molecular weight excluding hydrogens is 290 g/mol. The predicted molar refractivity (Wildman–Crippen MR) is 89.2 cm³/mol. The van der Waals surface area contributed by atoms with Gasteiger partial charge >= 0.3 is 5.97 Å². The summed E-state index contributed by atoms with van der Waals surface area (Å²) in [6.45, 7) is 5.50. The molecule has 0 bridgehead atoms. The van der Waals surface area contributed by atoms with Crippen molar-refractivity contribution in [2.45, 2.75) is 26.8 Å². The molecule has 4 heteroatoms. The van der Waals surface area contributed by atoms with Crippen LogP contribution in [0.2, 0.25) is 0 Å². The van der Waals surface area contributed by atoms with Crippen LogP contribution in [0.5, 0.6) is 0 Å². The van der Waals surface area contributed by atoms with Crippen molar-refractivity contribution in [3.05, 3.63) is 70.8 Å². The van der Waals surface area contributed by atoms with E-state index in [-0.39, 0.29) is 18.6 Å². The molecule has 0 aliphatic heterocycles. The highest BCUT2D eigenvalue weighted by Gasteiger charge is 2.13. The van der Waals surface area contributed by atoms with Gasteiger partial charge < -0.3 is 10.1 Å². The summed E-state index contributed by atoms with van der Waals surface area (Å²) in [6, 6.07) is 14.8. The van der Waals surface area contributed by atoms with Gasteiger partial charge in [-0.3, -0.25) is 4.79 Å². The lowest BCUT2D eigenvalue weighted by atomic mass is 10.1. The SMILES string of the molecule is Cc1ccc(C(=O)OCC(=O)N[C@@H](C)c2ccccc2)cc1C. The van der Waals surface area contributed by atoms with Crippen molar-refractivity contribution < 1.29 is 14.3 Å². The van der Waals surface area contributed by atoms with Crippen molar-refractivity contribution in [3.8, 4) is 0 Å². The summed E-state index contributed by atoms with van der Waals surface area (Å²) in [7, 11) is 0. The van der Waals surface area contributed by atoms with Crippen molar-refractivity contribution in [1.29, 1.82) is 0 Å². The number of esters is 1. The molecule has 2 aromatic rings. The molecule has 0 unspecified atom stereocenters. The molecule has 2 rings (SSSR count). The molecule has 1 amide bonds. The maximum absolute atomic E-state index is 12.0. The first-order valence-corrected chi connectivity index (χ1v) is 7.56. The maximum Gasteiger partial charge on any atom is 0.338 e. The molecule has 0 aliphatic carbocycles. The second-order valence-corrected chi connectivity index (χ2v) is 5.58. The Morgan fingerprint density at radius 2 is 1.74 bits per heavy atom. The number of rotatable bonds is 5. The van der Waals surface area contributed by atoms with E-state index >= 15 is 0 Å². The van der Waals surface area contributed by atoms with Crippen molar-refractivity contribution in [1.82, 2.24) is 5.32 Å². The van der Waals surface area contributed by atoms with E-state index in [1.807, 2.05) is 57.2 Å². The van der Waals surface area contributed by atoms with Gasteiger partial charge in [0, 0.05) is 0 Å². The molecule has 0 saturated carbocycles. The fourth-order valence-electron chi connectivity index (χ4n) is 2.19. The van der Waals surface area contributed by atoms with E-state index in [0.717, 1.165) is 16.7 Å². The van der Waals surface area contributed by atoms with Gasteiger partial charge in [-0.1, -0.05) is 36.4 Å². The Kier molecular flexibility index (Phi) is 5.52. The zero-order chi connectivity index (χ0) is 16.8. The van der Waals surface area contributed by atoms with Crippen molar-refractivity contribution >= 4 is 11.9 Å². The first-order valence-electron chi connectivity index (χ1n) is 7.56. The van der Waals surface area contributed by atoms with Gasteiger partial charge in [0.05, 0.1) is 11.6 Å². The van der Waals surface area contributed by atoms with Crippen LogP contribution in [0.4, 0.5) is 0 Å². The fourth-order valence-corrected chi connectivity index (χ4v) is 2.19. The Morgan fingerprint density at radius 1 is 1.04 bits per heavy atom. The number of benzene rings is 2. The minimum absolute atomic E-state index is 0.135. The van der Waals surface area contributed by atoms with E-state index in [9.17, 15) is 9.59 Å². The summed E-state index contributed by atoms with van der Waals surface area (Å²) in [5, 5.41) is 2.81. The van der Waals surface area contributed by atoms with Crippen LogP contribution in [0.1, 0.15) is 40.0 Å². The highest BCUT2D eigenvalue weighted by molar-refractivity contribution is 5.91. The molecular formula is C19H21NO3. The second-order valence-electron chi connectivity index (χ2n) is 5.58. The summed E-state index contributed by atoms with van der Waals surface area (Å²) >= 11 is 0. The van der Waals surface area contributed by atoms with Gasteiger partial charge in [0.1, 0.15) is 0 Å². The molecule has 0 fully saturated rings. The molecule has 2 aromatic carbocycles. The molecule has 120 valence electrons. The van der Waals surface area contributed by atoms with Crippen LogP contribution in [-0.2, 0) is 9.53 Å². The van der Waals surface area contributed by atoms with Crippen molar-refractivity contribution in [2.24, 2.45) is 0 Å². The number of carbonyl (C=O) groups is 2. The fraction of sp³-hybridized carbons (Fsp3) is 0.263. The minimum atomic E-state index is -0.490. The Morgan fingerprint density at radius 3 is 2.39 bits per heavy atom. The summed E-state index contributed by atoms with van der Waals surface area (Å²) in [6.07, 6.45) is 0. The van der Waals surface area contributed by atoms with E-state index in [1.165, 1.54) is 0 Å². The molecule has 0 heterocycles. The molecule has 0 spiro atoms. The lowest BCUT2D eigenvalue weighted by Gasteiger charge is -2.14. The maximum atomic E-state index is 12.0. The van der Waals surface area contributed by atoms with Gasteiger partial charge in [-0.15, -0.1) is 0 Å². The number of carbonyl (C=O) groups excluding carboxylic acids is 2. The molecule has 0 radical (unpaired) electrons. The molecule has 1 N–H and O–H groups in total. The molecule has 1 atom stereocenters. The third-order valence-electron chi connectivity index (χ3n) is 3.75. The Labute approximate surface area is 136 Å². The summed E-state index contributed by atoms with van der Waals surface area (Å²) in [5.74, 6) is -0.811. The van der Waals surface area contributed by atoms with E-state index in [4.69, 9.17) is 4.74 Å². The van der Waals surface area contributed by atoms with Gasteiger partial charge in [0.15, 0.2) is 6.61 Å². The zero-order valence-corrected chi connectivity index (χ0v) is 13.6. The molecule has 23 heavy (non-hydrogen) atoms. The third kappa shape index (κ3) is 4.68. The Hall–Kier alpha value is -2.62. The van der Waals surface area contributed by atoms with E-state index in [0.29, 0.717) is 5.56 Å². The van der Waals surface area contributed by atoms with Crippen molar-refractivity contribution in [3.63, 3.8) is 0 Å². The molecule has 0 aliphatic rings. The minimum Gasteiger partial charge on any atom is -0.452 e. The van der Waals surface area contributed by atoms with Crippen LogP contribution < -0.4 is 5.32 Å².